The van der Waals surface area contributed by atoms with Crippen LogP contribution in [0, 0.1) is 13.8 Å². The van der Waals surface area contributed by atoms with Gasteiger partial charge in [0, 0.05) is 4.88 Å². The van der Waals surface area contributed by atoms with Crippen molar-refractivity contribution in [3.05, 3.63) is 90.6 Å². The lowest BCUT2D eigenvalue weighted by Crippen LogP contribution is -2.22. The fourth-order valence-corrected chi connectivity index (χ4v) is 4.28. The van der Waals surface area contributed by atoms with Crippen molar-refractivity contribution in [1.29, 1.82) is 0 Å². The molecule has 0 amide bonds. The van der Waals surface area contributed by atoms with Crippen LogP contribution >= 0.6 is 27.3 Å². The van der Waals surface area contributed by atoms with E-state index in [4.69, 9.17) is 4.98 Å². The number of benzene rings is 2. The van der Waals surface area contributed by atoms with Crippen molar-refractivity contribution >= 4 is 50.3 Å². The minimum atomic E-state index is -0.0594. The maximum atomic E-state index is 13.2. The first kappa shape index (κ1) is 17.9. The van der Waals surface area contributed by atoms with Gasteiger partial charge in [-0.25, -0.2) is 4.98 Å². The molecule has 0 saturated carbocycles. The van der Waals surface area contributed by atoms with Crippen LogP contribution in [0.1, 0.15) is 21.8 Å². The second-order valence-electron chi connectivity index (χ2n) is 6.37. The van der Waals surface area contributed by atoms with Crippen LogP contribution in [0.4, 0.5) is 0 Å². The topological polar surface area (TPSA) is 34.9 Å². The van der Waals surface area contributed by atoms with Gasteiger partial charge in [-0.2, -0.15) is 0 Å². The summed E-state index contributed by atoms with van der Waals surface area (Å²) in [5.41, 5.74) is 3.81. The maximum absolute atomic E-state index is 13.2. The average molecular weight is 437 g/mol. The fraction of sp³-hybridized carbons (Fsp3) is 0.0909. The molecule has 2 aromatic carbocycles. The number of aryl methyl sites for hydroxylation is 2. The second-order valence-corrected chi connectivity index (χ2v) is 8.87. The molecule has 0 aliphatic heterocycles. The van der Waals surface area contributed by atoms with E-state index in [0.717, 1.165) is 19.9 Å². The molecule has 27 heavy (non-hydrogen) atoms. The second kappa shape index (κ2) is 7.25. The Hall–Kier alpha value is -2.50. The van der Waals surface area contributed by atoms with Gasteiger partial charge in [0.05, 0.1) is 20.4 Å². The van der Waals surface area contributed by atoms with Gasteiger partial charge in [-0.05, 0) is 89.5 Å². The zero-order valence-corrected chi connectivity index (χ0v) is 17.3. The molecule has 0 bridgehead atoms. The van der Waals surface area contributed by atoms with Crippen molar-refractivity contribution in [2.45, 2.75) is 13.8 Å². The third kappa shape index (κ3) is 3.53. The van der Waals surface area contributed by atoms with Gasteiger partial charge in [-0.1, -0.05) is 18.2 Å². The van der Waals surface area contributed by atoms with Gasteiger partial charge in [0.2, 0.25) is 0 Å². The van der Waals surface area contributed by atoms with E-state index in [1.165, 1.54) is 5.56 Å². The molecular formula is C22H17BrN2OS. The summed E-state index contributed by atoms with van der Waals surface area (Å²) in [7, 11) is 0. The molecule has 0 saturated heterocycles. The van der Waals surface area contributed by atoms with Crippen molar-refractivity contribution in [2.24, 2.45) is 0 Å². The van der Waals surface area contributed by atoms with Gasteiger partial charge in [-0.15, -0.1) is 11.3 Å². The van der Waals surface area contributed by atoms with E-state index in [1.807, 2.05) is 66.7 Å². The molecule has 0 aliphatic carbocycles. The lowest BCUT2D eigenvalue weighted by molar-refractivity contribution is 0.941. The van der Waals surface area contributed by atoms with Crippen molar-refractivity contribution in [1.82, 2.24) is 9.55 Å². The van der Waals surface area contributed by atoms with E-state index in [9.17, 15) is 4.79 Å². The molecule has 2 heterocycles. The summed E-state index contributed by atoms with van der Waals surface area (Å²) in [4.78, 5) is 19.1. The van der Waals surface area contributed by atoms with Gasteiger partial charge >= 0.3 is 0 Å². The van der Waals surface area contributed by atoms with E-state index < -0.39 is 0 Å². The van der Waals surface area contributed by atoms with Gasteiger partial charge in [0.1, 0.15) is 5.82 Å². The highest BCUT2D eigenvalue weighted by Gasteiger charge is 2.11. The first-order chi connectivity index (χ1) is 13.0. The molecule has 0 radical (unpaired) electrons. The zero-order chi connectivity index (χ0) is 19.0. The van der Waals surface area contributed by atoms with E-state index >= 15 is 0 Å². The van der Waals surface area contributed by atoms with Gasteiger partial charge in [-0.3, -0.25) is 9.36 Å². The lowest BCUT2D eigenvalue weighted by Gasteiger charge is -2.13. The van der Waals surface area contributed by atoms with Gasteiger partial charge < -0.3 is 0 Å². The molecule has 3 nitrogen and oxygen atoms in total. The summed E-state index contributed by atoms with van der Waals surface area (Å²) in [5, 5.41) is 0.617. The monoisotopic (exact) mass is 436 g/mol. The largest absolute Gasteiger partial charge is 0.268 e. The Kier molecular flexibility index (Phi) is 4.81. The molecule has 134 valence electrons. The van der Waals surface area contributed by atoms with E-state index in [2.05, 4.69) is 29.8 Å². The SMILES string of the molecule is Cc1ccc(-n2c(/C=C/c3ccc(Br)s3)nc3ccccc3c2=O)cc1C. The first-order valence-corrected chi connectivity index (χ1v) is 10.2. The standard InChI is InChI=1S/C22H17BrN2OS/c1-14-7-8-16(13-15(14)2)25-21(12-10-17-9-11-20(23)27-17)24-19-6-4-3-5-18(19)22(25)26/h3-13H,1-2H3/b12-10+. The zero-order valence-electron chi connectivity index (χ0n) is 14.9. The highest BCUT2D eigenvalue weighted by molar-refractivity contribution is 9.11. The van der Waals surface area contributed by atoms with E-state index in [1.54, 1.807) is 15.9 Å². The number of aromatic nitrogens is 2. The Morgan fingerprint density at radius 2 is 1.81 bits per heavy atom. The third-order valence-electron chi connectivity index (χ3n) is 4.54. The minimum Gasteiger partial charge on any atom is -0.268 e. The van der Waals surface area contributed by atoms with E-state index in [0.29, 0.717) is 16.7 Å². The van der Waals surface area contributed by atoms with Gasteiger partial charge in [0.15, 0.2) is 0 Å². The summed E-state index contributed by atoms with van der Waals surface area (Å²) < 4.78 is 2.76. The average Bonchev–Trinajstić information content (AvgIpc) is 3.08. The number of rotatable bonds is 3. The number of thiophene rings is 1. The Morgan fingerprint density at radius 3 is 2.56 bits per heavy atom. The number of fused-ring (bicyclic) bond motifs is 1. The molecule has 0 atom stereocenters. The molecule has 2 aromatic heterocycles. The molecule has 4 aromatic rings. The van der Waals surface area contributed by atoms with Crippen LogP contribution in [0.15, 0.2) is 63.2 Å². The number of hydrogen-bond acceptors (Lipinski definition) is 3. The first-order valence-electron chi connectivity index (χ1n) is 8.56. The summed E-state index contributed by atoms with van der Waals surface area (Å²) in [6.45, 7) is 4.12. The Labute approximate surface area is 169 Å². The number of halogens is 1. The Morgan fingerprint density at radius 1 is 1.00 bits per heavy atom. The minimum absolute atomic E-state index is 0.0594. The normalized spacial score (nSPS) is 11.5. The van der Waals surface area contributed by atoms with Crippen molar-refractivity contribution in [2.75, 3.05) is 0 Å². The van der Waals surface area contributed by atoms with Crippen LogP contribution in [0.3, 0.4) is 0 Å². The Balaban J connectivity index is 1.96. The lowest BCUT2D eigenvalue weighted by atomic mass is 10.1. The van der Waals surface area contributed by atoms with E-state index in [-0.39, 0.29) is 5.56 Å². The number of hydrogen-bond donors (Lipinski definition) is 0. The summed E-state index contributed by atoms with van der Waals surface area (Å²) >= 11 is 5.12. The maximum Gasteiger partial charge on any atom is 0.266 e. The molecule has 5 heteroatoms. The Bertz CT molecular complexity index is 1240. The van der Waals surface area contributed by atoms with Gasteiger partial charge in [0.25, 0.3) is 5.56 Å². The molecule has 0 spiro atoms. The highest BCUT2D eigenvalue weighted by Crippen LogP contribution is 2.24. The van der Waals surface area contributed by atoms with Crippen LogP contribution in [0.5, 0.6) is 0 Å². The highest BCUT2D eigenvalue weighted by atomic mass is 79.9. The van der Waals surface area contributed by atoms with Crippen molar-refractivity contribution in [3.63, 3.8) is 0 Å². The van der Waals surface area contributed by atoms with Crippen LogP contribution < -0.4 is 5.56 Å². The molecular weight excluding hydrogens is 420 g/mol. The molecule has 0 N–H and O–H groups in total. The van der Waals surface area contributed by atoms with Crippen molar-refractivity contribution in [3.8, 4) is 5.69 Å². The molecule has 4 rings (SSSR count). The summed E-state index contributed by atoms with van der Waals surface area (Å²) in [6.07, 6.45) is 3.89. The predicted molar refractivity (Wildman–Crippen MR) is 118 cm³/mol. The summed E-state index contributed by atoms with van der Waals surface area (Å²) in [6, 6.07) is 17.6. The van der Waals surface area contributed by atoms with Crippen molar-refractivity contribution < 1.29 is 0 Å². The van der Waals surface area contributed by atoms with Crippen LogP contribution in [0.25, 0.3) is 28.7 Å². The van der Waals surface area contributed by atoms with Crippen LogP contribution in [-0.2, 0) is 0 Å². The predicted octanol–water partition coefficient (Wildman–Crippen LogP) is 6.00. The number of nitrogens with zero attached hydrogens (tertiary/aromatic N) is 2. The third-order valence-corrected chi connectivity index (χ3v) is 6.13. The summed E-state index contributed by atoms with van der Waals surface area (Å²) in [5.74, 6) is 0.617. The van der Waals surface area contributed by atoms with Crippen LogP contribution in [-0.4, -0.2) is 9.55 Å². The quantitative estimate of drug-likeness (QED) is 0.394. The van der Waals surface area contributed by atoms with Crippen LogP contribution in [0.2, 0.25) is 0 Å². The fourth-order valence-electron chi connectivity index (χ4n) is 2.95. The number of para-hydroxylation sites is 1. The molecule has 0 unspecified atom stereocenters. The molecule has 0 aliphatic rings. The molecule has 0 fully saturated rings. The smallest absolute Gasteiger partial charge is 0.266 e.